The lowest BCUT2D eigenvalue weighted by Crippen LogP contribution is -2.12. The quantitative estimate of drug-likeness (QED) is 0.289. The summed E-state index contributed by atoms with van der Waals surface area (Å²) in [5, 5.41) is 0.0248. The van der Waals surface area contributed by atoms with E-state index in [2.05, 4.69) is 31.2 Å². The number of aryl methyl sites for hydroxylation is 1. The molecule has 0 N–H and O–H groups in total. The molecule has 0 aromatic heterocycles. The van der Waals surface area contributed by atoms with Gasteiger partial charge in [-0.15, -0.1) is 0 Å². The lowest BCUT2D eigenvalue weighted by Gasteiger charge is -2.29. The Morgan fingerprint density at radius 3 is 2.03 bits per heavy atom. The SMILES string of the molecule is Cc1ccc(C2CCC(c3cc(F)c4c(F)c(C#CC(F)(F)F)ccc4c3)CC2)cc1. The Balaban J connectivity index is 1.57. The Hall–Kier alpha value is -2.87. The van der Waals surface area contributed by atoms with Gasteiger partial charge in [-0.3, -0.25) is 0 Å². The molecule has 0 nitrogen and oxygen atoms in total. The van der Waals surface area contributed by atoms with Gasteiger partial charge in [0.05, 0.1) is 10.9 Å². The van der Waals surface area contributed by atoms with Gasteiger partial charge < -0.3 is 0 Å². The average Bonchev–Trinajstić information content (AvgIpc) is 2.73. The lowest BCUT2D eigenvalue weighted by molar-refractivity contribution is -0.0696. The molecule has 1 saturated carbocycles. The van der Waals surface area contributed by atoms with E-state index in [-0.39, 0.29) is 11.3 Å². The molecular formula is C26H21F5. The van der Waals surface area contributed by atoms with E-state index < -0.39 is 23.4 Å². The monoisotopic (exact) mass is 428 g/mol. The summed E-state index contributed by atoms with van der Waals surface area (Å²) in [6.07, 6.45) is -0.940. The summed E-state index contributed by atoms with van der Waals surface area (Å²) in [4.78, 5) is 0. The maximum atomic E-state index is 14.8. The first kappa shape index (κ1) is 21.4. The van der Waals surface area contributed by atoms with Crippen LogP contribution in [0.25, 0.3) is 10.8 Å². The maximum Gasteiger partial charge on any atom is 0.458 e. The van der Waals surface area contributed by atoms with Crippen LogP contribution in [0.4, 0.5) is 22.0 Å². The van der Waals surface area contributed by atoms with E-state index in [0.717, 1.165) is 37.2 Å². The average molecular weight is 428 g/mol. The van der Waals surface area contributed by atoms with Gasteiger partial charge in [0, 0.05) is 5.92 Å². The third kappa shape index (κ3) is 4.74. The predicted molar refractivity (Wildman–Crippen MR) is 112 cm³/mol. The normalized spacial score (nSPS) is 19.2. The van der Waals surface area contributed by atoms with Gasteiger partial charge in [0.25, 0.3) is 0 Å². The summed E-state index contributed by atoms with van der Waals surface area (Å²) in [7, 11) is 0. The molecule has 0 bridgehead atoms. The van der Waals surface area contributed by atoms with Crippen molar-refractivity contribution in [1.82, 2.24) is 0 Å². The number of alkyl halides is 3. The second kappa shape index (κ2) is 8.34. The predicted octanol–water partition coefficient (Wildman–Crippen LogP) is 7.78. The van der Waals surface area contributed by atoms with Crippen LogP contribution in [0.5, 0.6) is 0 Å². The second-order valence-corrected chi connectivity index (χ2v) is 8.23. The minimum Gasteiger partial charge on any atom is -0.206 e. The van der Waals surface area contributed by atoms with Crippen LogP contribution in [-0.4, -0.2) is 6.18 Å². The molecule has 0 heterocycles. The fourth-order valence-electron chi connectivity index (χ4n) is 4.46. The molecule has 1 aliphatic carbocycles. The van der Waals surface area contributed by atoms with E-state index in [1.54, 1.807) is 12.0 Å². The molecule has 3 aromatic rings. The first-order valence-corrected chi connectivity index (χ1v) is 10.3. The standard InChI is InChI=1S/C26H21F5/c1-16-2-4-17(5-3-16)18-6-8-19(9-7-18)22-14-21-11-10-20(12-13-26(29,30)31)25(28)24(21)23(27)15-22/h2-5,10-11,14-15,18-19H,6-9H2,1H3. The molecule has 4 rings (SSSR count). The van der Waals surface area contributed by atoms with Gasteiger partial charge in [-0.2, -0.15) is 13.2 Å². The molecule has 1 fully saturated rings. The fraction of sp³-hybridized carbons (Fsp3) is 0.308. The van der Waals surface area contributed by atoms with Crippen LogP contribution in [0.3, 0.4) is 0 Å². The summed E-state index contributed by atoms with van der Waals surface area (Å²) < 4.78 is 66.3. The highest BCUT2D eigenvalue weighted by molar-refractivity contribution is 5.86. The molecule has 0 aliphatic heterocycles. The van der Waals surface area contributed by atoms with Gasteiger partial charge in [0.15, 0.2) is 0 Å². The van der Waals surface area contributed by atoms with Crippen LogP contribution in [0.15, 0.2) is 48.5 Å². The summed E-state index contributed by atoms with van der Waals surface area (Å²) in [5.74, 6) is 1.63. The molecule has 160 valence electrons. The van der Waals surface area contributed by atoms with Crippen molar-refractivity contribution in [3.8, 4) is 11.8 Å². The third-order valence-electron chi connectivity index (χ3n) is 6.11. The van der Waals surface area contributed by atoms with E-state index >= 15 is 0 Å². The van der Waals surface area contributed by atoms with Crippen molar-refractivity contribution in [2.75, 3.05) is 0 Å². The van der Waals surface area contributed by atoms with Crippen molar-refractivity contribution >= 4 is 10.8 Å². The Morgan fingerprint density at radius 2 is 1.42 bits per heavy atom. The Labute approximate surface area is 178 Å². The van der Waals surface area contributed by atoms with E-state index in [0.29, 0.717) is 11.3 Å². The molecule has 5 heteroatoms. The smallest absolute Gasteiger partial charge is 0.206 e. The number of benzene rings is 3. The van der Waals surface area contributed by atoms with Gasteiger partial charge in [-0.05, 0) is 73.1 Å². The molecule has 3 aromatic carbocycles. The van der Waals surface area contributed by atoms with Crippen molar-refractivity contribution in [3.05, 3.63) is 82.4 Å². The fourth-order valence-corrected chi connectivity index (χ4v) is 4.46. The van der Waals surface area contributed by atoms with E-state index in [1.807, 2.05) is 0 Å². The van der Waals surface area contributed by atoms with Crippen molar-refractivity contribution in [3.63, 3.8) is 0 Å². The van der Waals surface area contributed by atoms with Gasteiger partial charge >= 0.3 is 6.18 Å². The summed E-state index contributed by atoms with van der Waals surface area (Å²) in [6.45, 7) is 2.06. The van der Waals surface area contributed by atoms with Crippen LogP contribution in [0, 0.1) is 30.4 Å². The van der Waals surface area contributed by atoms with E-state index in [1.165, 1.54) is 29.3 Å². The van der Waals surface area contributed by atoms with Crippen molar-refractivity contribution in [1.29, 1.82) is 0 Å². The maximum absolute atomic E-state index is 14.8. The molecule has 1 aliphatic rings. The van der Waals surface area contributed by atoms with Gasteiger partial charge in [0.1, 0.15) is 11.6 Å². The van der Waals surface area contributed by atoms with Gasteiger partial charge in [0.2, 0.25) is 0 Å². The Morgan fingerprint density at radius 1 is 0.806 bits per heavy atom. The van der Waals surface area contributed by atoms with Crippen LogP contribution in [0.1, 0.15) is 59.8 Å². The molecule has 0 atom stereocenters. The highest BCUT2D eigenvalue weighted by Crippen LogP contribution is 2.41. The molecule has 0 unspecified atom stereocenters. The van der Waals surface area contributed by atoms with Crippen molar-refractivity contribution in [2.24, 2.45) is 0 Å². The van der Waals surface area contributed by atoms with Crippen molar-refractivity contribution < 1.29 is 22.0 Å². The van der Waals surface area contributed by atoms with Gasteiger partial charge in [-0.25, -0.2) is 8.78 Å². The van der Waals surface area contributed by atoms with Crippen LogP contribution in [0.2, 0.25) is 0 Å². The van der Waals surface area contributed by atoms with Gasteiger partial charge in [-0.1, -0.05) is 47.9 Å². The molecule has 0 radical (unpaired) electrons. The zero-order valence-corrected chi connectivity index (χ0v) is 17.0. The first-order chi connectivity index (χ1) is 14.7. The Bertz CT molecular complexity index is 1150. The number of hydrogen-bond acceptors (Lipinski definition) is 0. The third-order valence-corrected chi connectivity index (χ3v) is 6.11. The number of rotatable bonds is 2. The van der Waals surface area contributed by atoms with E-state index in [9.17, 15) is 22.0 Å². The molecule has 0 saturated heterocycles. The summed E-state index contributed by atoms with van der Waals surface area (Å²) in [6, 6.07) is 14.2. The largest absolute Gasteiger partial charge is 0.458 e. The van der Waals surface area contributed by atoms with Crippen molar-refractivity contribution in [2.45, 2.75) is 50.6 Å². The second-order valence-electron chi connectivity index (χ2n) is 8.23. The highest BCUT2D eigenvalue weighted by Gasteiger charge is 2.25. The molecular weight excluding hydrogens is 407 g/mol. The molecule has 0 amide bonds. The topological polar surface area (TPSA) is 0 Å². The van der Waals surface area contributed by atoms with Crippen LogP contribution < -0.4 is 0 Å². The number of halogens is 5. The highest BCUT2D eigenvalue weighted by atomic mass is 19.4. The zero-order valence-electron chi connectivity index (χ0n) is 17.0. The summed E-state index contributed by atoms with van der Waals surface area (Å²) in [5.41, 5.74) is 2.89. The number of hydrogen-bond donors (Lipinski definition) is 0. The minimum absolute atomic E-state index is 0.174. The first-order valence-electron chi connectivity index (χ1n) is 10.3. The Kier molecular flexibility index (Phi) is 5.75. The van der Waals surface area contributed by atoms with Crippen LogP contribution >= 0.6 is 0 Å². The minimum atomic E-state index is -4.73. The summed E-state index contributed by atoms with van der Waals surface area (Å²) >= 11 is 0. The van der Waals surface area contributed by atoms with E-state index in [4.69, 9.17) is 0 Å². The number of fused-ring (bicyclic) bond motifs is 1. The zero-order chi connectivity index (χ0) is 22.2. The molecule has 31 heavy (non-hydrogen) atoms. The van der Waals surface area contributed by atoms with Crippen LogP contribution in [-0.2, 0) is 0 Å². The molecule has 0 spiro atoms. The lowest BCUT2D eigenvalue weighted by atomic mass is 9.76.